The van der Waals surface area contributed by atoms with Crippen molar-refractivity contribution < 1.29 is 4.42 Å². The van der Waals surface area contributed by atoms with Crippen molar-refractivity contribution in [3.63, 3.8) is 0 Å². The number of anilines is 1. The fraction of sp³-hybridized carbons (Fsp3) is 0.190. The fourth-order valence-electron chi connectivity index (χ4n) is 2.88. The number of nitrogens with one attached hydrogen (secondary N) is 1. The van der Waals surface area contributed by atoms with E-state index in [2.05, 4.69) is 38.6 Å². The third-order valence-corrected chi connectivity index (χ3v) is 5.11. The number of fused-ring (bicyclic) bond motifs is 1. The summed E-state index contributed by atoms with van der Waals surface area (Å²) in [6.45, 7) is 2.04. The van der Waals surface area contributed by atoms with E-state index >= 15 is 0 Å². The first-order chi connectivity index (χ1) is 13.3. The molecule has 6 heteroatoms. The standard InChI is InChI=1S/C21H18N4OS/c1-3-4-7-14-12-17(27-13-14)19-21(22-2)25-20-15(8-5-10-23-20)18(24-19)16-9-6-11-26-16/h5-6,8-13,19H,3H2,1-2H3,(H,22,23,25). The first-order valence-electron chi connectivity index (χ1n) is 8.68. The number of amidine groups is 1. The Morgan fingerprint density at radius 3 is 3.04 bits per heavy atom. The third kappa shape index (κ3) is 3.42. The molecule has 0 radical (unpaired) electrons. The van der Waals surface area contributed by atoms with Crippen LogP contribution in [-0.4, -0.2) is 23.6 Å². The molecule has 0 aromatic carbocycles. The lowest BCUT2D eigenvalue weighted by molar-refractivity contribution is 0.557. The molecule has 1 N–H and O–H groups in total. The predicted molar refractivity (Wildman–Crippen MR) is 110 cm³/mol. The Kier molecular flexibility index (Phi) is 4.86. The van der Waals surface area contributed by atoms with E-state index in [0.29, 0.717) is 5.76 Å². The lowest BCUT2D eigenvalue weighted by Gasteiger charge is -2.13. The lowest BCUT2D eigenvalue weighted by atomic mass is 10.1. The van der Waals surface area contributed by atoms with Crippen LogP contribution in [0.4, 0.5) is 5.82 Å². The Hall–Kier alpha value is -3.17. The SMILES string of the molecule is CCC#Cc1csc(C2N=C(c3ccco3)c3cccnc3NC2=NC)c1. The molecule has 0 amide bonds. The normalized spacial score (nSPS) is 17.3. The van der Waals surface area contributed by atoms with Crippen molar-refractivity contribution in [2.45, 2.75) is 19.4 Å². The van der Waals surface area contributed by atoms with Crippen molar-refractivity contribution in [3.8, 4) is 11.8 Å². The van der Waals surface area contributed by atoms with Crippen molar-refractivity contribution in [3.05, 3.63) is 69.9 Å². The molecule has 0 spiro atoms. The van der Waals surface area contributed by atoms with Crippen LogP contribution in [0.1, 0.15) is 41.2 Å². The zero-order chi connectivity index (χ0) is 18.6. The predicted octanol–water partition coefficient (Wildman–Crippen LogP) is 4.53. The molecule has 4 heterocycles. The van der Waals surface area contributed by atoms with Crippen molar-refractivity contribution in [1.29, 1.82) is 0 Å². The van der Waals surface area contributed by atoms with Crippen molar-refractivity contribution in [2.24, 2.45) is 9.98 Å². The molecule has 5 nitrogen and oxygen atoms in total. The van der Waals surface area contributed by atoms with Crippen molar-refractivity contribution >= 4 is 28.7 Å². The minimum absolute atomic E-state index is 0.272. The van der Waals surface area contributed by atoms with Gasteiger partial charge in [-0.3, -0.25) is 9.98 Å². The molecular formula is C21H18N4OS. The molecule has 1 atom stereocenters. The zero-order valence-electron chi connectivity index (χ0n) is 15.1. The maximum atomic E-state index is 5.65. The minimum atomic E-state index is -0.272. The van der Waals surface area contributed by atoms with Crippen LogP contribution >= 0.6 is 11.3 Å². The number of hydrogen-bond donors (Lipinski definition) is 1. The van der Waals surface area contributed by atoms with Gasteiger partial charge in [-0.2, -0.15) is 0 Å². The molecule has 4 rings (SSSR count). The maximum Gasteiger partial charge on any atom is 0.152 e. The number of aromatic nitrogens is 1. The van der Waals surface area contributed by atoms with E-state index in [1.807, 2.05) is 31.2 Å². The largest absolute Gasteiger partial charge is 0.463 e. The van der Waals surface area contributed by atoms with Gasteiger partial charge in [-0.15, -0.1) is 11.3 Å². The molecule has 0 bridgehead atoms. The summed E-state index contributed by atoms with van der Waals surface area (Å²) in [5, 5.41) is 5.41. The molecule has 1 unspecified atom stereocenters. The molecule has 3 aromatic heterocycles. The van der Waals surface area contributed by atoms with Crippen molar-refractivity contribution in [2.75, 3.05) is 12.4 Å². The Morgan fingerprint density at radius 2 is 2.26 bits per heavy atom. The van der Waals surface area contributed by atoms with Gasteiger partial charge in [0.05, 0.1) is 6.26 Å². The van der Waals surface area contributed by atoms with E-state index in [4.69, 9.17) is 9.41 Å². The maximum absolute atomic E-state index is 5.65. The summed E-state index contributed by atoms with van der Waals surface area (Å²) >= 11 is 1.63. The molecule has 1 aliphatic rings. The number of pyridine rings is 1. The van der Waals surface area contributed by atoms with Crippen LogP contribution in [-0.2, 0) is 0 Å². The average Bonchev–Trinajstić information content (AvgIpc) is 3.36. The van der Waals surface area contributed by atoms with E-state index in [-0.39, 0.29) is 6.04 Å². The highest BCUT2D eigenvalue weighted by Gasteiger charge is 2.28. The molecule has 3 aromatic rings. The molecule has 27 heavy (non-hydrogen) atoms. The van der Waals surface area contributed by atoms with Crippen LogP contribution < -0.4 is 5.32 Å². The highest BCUT2D eigenvalue weighted by Crippen LogP contribution is 2.32. The first-order valence-corrected chi connectivity index (χ1v) is 9.56. The van der Waals surface area contributed by atoms with Crippen LogP contribution in [0.25, 0.3) is 0 Å². The van der Waals surface area contributed by atoms with Gasteiger partial charge in [-0.05, 0) is 30.3 Å². The van der Waals surface area contributed by atoms with Gasteiger partial charge in [-0.25, -0.2) is 4.98 Å². The highest BCUT2D eigenvalue weighted by atomic mass is 32.1. The molecule has 1 aliphatic heterocycles. The fourth-order valence-corrected chi connectivity index (χ4v) is 3.76. The number of thiophene rings is 1. The summed E-state index contributed by atoms with van der Waals surface area (Å²) in [6.07, 6.45) is 4.24. The van der Waals surface area contributed by atoms with Crippen LogP contribution in [0.5, 0.6) is 0 Å². The van der Waals surface area contributed by atoms with Gasteiger partial charge in [-0.1, -0.05) is 18.8 Å². The number of furan rings is 1. The Morgan fingerprint density at radius 1 is 1.33 bits per heavy atom. The molecular weight excluding hydrogens is 356 g/mol. The zero-order valence-corrected chi connectivity index (χ0v) is 15.9. The average molecular weight is 374 g/mol. The molecule has 0 saturated heterocycles. The molecule has 0 saturated carbocycles. The Bertz CT molecular complexity index is 1070. The number of hydrogen-bond acceptors (Lipinski definition) is 5. The third-order valence-electron chi connectivity index (χ3n) is 4.12. The van der Waals surface area contributed by atoms with Crippen LogP contribution in [0, 0.1) is 11.8 Å². The van der Waals surface area contributed by atoms with Gasteiger partial charge < -0.3 is 9.73 Å². The van der Waals surface area contributed by atoms with E-state index in [9.17, 15) is 0 Å². The second-order valence-electron chi connectivity index (χ2n) is 5.88. The van der Waals surface area contributed by atoms with E-state index in [0.717, 1.165) is 39.8 Å². The van der Waals surface area contributed by atoms with E-state index in [1.54, 1.807) is 30.8 Å². The quantitative estimate of drug-likeness (QED) is 0.670. The topological polar surface area (TPSA) is 62.8 Å². The highest BCUT2D eigenvalue weighted by molar-refractivity contribution is 7.10. The Labute approximate surface area is 161 Å². The van der Waals surface area contributed by atoms with Crippen LogP contribution in [0.3, 0.4) is 0 Å². The lowest BCUT2D eigenvalue weighted by Crippen LogP contribution is -2.19. The van der Waals surface area contributed by atoms with Gasteiger partial charge in [0.25, 0.3) is 0 Å². The van der Waals surface area contributed by atoms with E-state index < -0.39 is 0 Å². The number of nitrogens with zero attached hydrogens (tertiary/aromatic N) is 3. The van der Waals surface area contributed by atoms with Crippen LogP contribution in [0.2, 0.25) is 0 Å². The van der Waals surface area contributed by atoms with Gasteiger partial charge >= 0.3 is 0 Å². The smallest absolute Gasteiger partial charge is 0.152 e. The van der Waals surface area contributed by atoms with Crippen molar-refractivity contribution in [1.82, 2.24) is 4.98 Å². The van der Waals surface area contributed by atoms with Gasteiger partial charge in [0, 0.05) is 41.0 Å². The first kappa shape index (κ1) is 17.3. The summed E-state index contributed by atoms with van der Waals surface area (Å²) in [5.74, 6) is 8.46. The monoisotopic (exact) mass is 374 g/mol. The summed E-state index contributed by atoms with van der Waals surface area (Å²) in [7, 11) is 1.76. The molecule has 0 fully saturated rings. The molecule has 134 valence electrons. The van der Waals surface area contributed by atoms with E-state index in [1.165, 1.54) is 0 Å². The summed E-state index contributed by atoms with van der Waals surface area (Å²) in [5.41, 5.74) is 2.65. The second kappa shape index (κ2) is 7.60. The Balaban J connectivity index is 1.86. The molecule has 0 aliphatic carbocycles. The summed E-state index contributed by atoms with van der Waals surface area (Å²) < 4.78 is 5.65. The second-order valence-corrected chi connectivity index (χ2v) is 6.83. The van der Waals surface area contributed by atoms with Gasteiger partial charge in [0.15, 0.2) is 5.76 Å². The van der Waals surface area contributed by atoms with Gasteiger partial charge in [0.1, 0.15) is 23.4 Å². The summed E-state index contributed by atoms with van der Waals surface area (Å²) in [4.78, 5) is 15.0. The summed E-state index contributed by atoms with van der Waals surface area (Å²) in [6, 6.07) is 9.46. The minimum Gasteiger partial charge on any atom is -0.463 e. The van der Waals surface area contributed by atoms with Gasteiger partial charge in [0.2, 0.25) is 0 Å². The number of aliphatic imine (C=N–C) groups is 2. The number of rotatable bonds is 2. The van der Waals surface area contributed by atoms with Crippen LogP contribution in [0.15, 0.2) is 62.6 Å².